The third-order valence-corrected chi connectivity index (χ3v) is 4.38. The molecule has 0 atom stereocenters. The highest BCUT2D eigenvalue weighted by molar-refractivity contribution is 7.98. The van der Waals surface area contributed by atoms with Crippen molar-refractivity contribution in [3.05, 3.63) is 83.7 Å². The van der Waals surface area contributed by atoms with Crippen molar-refractivity contribution < 1.29 is 4.79 Å². The normalized spacial score (nSPS) is 10.4. The number of hydrogen-bond acceptors (Lipinski definition) is 4. The van der Waals surface area contributed by atoms with E-state index in [1.165, 1.54) is 0 Å². The summed E-state index contributed by atoms with van der Waals surface area (Å²) in [6.07, 6.45) is 3.46. The zero-order chi connectivity index (χ0) is 16.8. The van der Waals surface area contributed by atoms with Crippen LogP contribution in [-0.4, -0.2) is 15.9 Å². The van der Waals surface area contributed by atoms with Crippen LogP contribution in [0.2, 0.25) is 0 Å². The molecule has 0 saturated heterocycles. The van der Waals surface area contributed by atoms with Gasteiger partial charge in [-0.15, -0.1) is 0 Å². The van der Waals surface area contributed by atoms with Crippen LogP contribution in [0.3, 0.4) is 0 Å². The molecule has 120 valence electrons. The van der Waals surface area contributed by atoms with Crippen LogP contribution in [0.5, 0.6) is 0 Å². The number of amides is 1. The summed E-state index contributed by atoms with van der Waals surface area (Å²) < 4.78 is 0. The fraction of sp³-hybridized carbons (Fsp3) is 0.105. The lowest BCUT2D eigenvalue weighted by Crippen LogP contribution is -2.11. The van der Waals surface area contributed by atoms with Gasteiger partial charge in [-0.2, -0.15) is 0 Å². The Morgan fingerprint density at radius 1 is 1.00 bits per heavy atom. The van der Waals surface area contributed by atoms with E-state index in [2.05, 4.69) is 15.3 Å². The molecule has 0 fully saturated rings. The molecule has 1 amide bonds. The van der Waals surface area contributed by atoms with Crippen LogP contribution in [0.4, 0.5) is 5.69 Å². The molecule has 1 heterocycles. The van der Waals surface area contributed by atoms with E-state index < -0.39 is 0 Å². The monoisotopic (exact) mass is 335 g/mol. The molecule has 4 nitrogen and oxygen atoms in total. The third kappa shape index (κ3) is 4.43. The Hall–Kier alpha value is -2.66. The maximum atomic E-state index is 12.3. The second-order valence-corrected chi connectivity index (χ2v) is 6.28. The molecule has 24 heavy (non-hydrogen) atoms. The number of aryl methyl sites for hydroxylation is 1. The van der Waals surface area contributed by atoms with Gasteiger partial charge in [0.25, 0.3) is 5.91 Å². The van der Waals surface area contributed by atoms with Gasteiger partial charge in [-0.1, -0.05) is 41.6 Å². The van der Waals surface area contributed by atoms with Gasteiger partial charge in [0.05, 0.1) is 0 Å². The molecule has 0 radical (unpaired) electrons. The van der Waals surface area contributed by atoms with Crippen LogP contribution >= 0.6 is 11.8 Å². The molecule has 0 aliphatic rings. The average molecular weight is 335 g/mol. The molecule has 0 bridgehead atoms. The number of carbonyl (C=O) groups excluding carboxylic acids is 1. The van der Waals surface area contributed by atoms with E-state index in [-0.39, 0.29) is 5.91 Å². The van der Waals surface area contributed by atoms with Crippen molar-refractivity contribution in [1.29, 1.82) is 0 Å². The smallest absolute Gasteiger partial charge is 0.255 e. The summed E-state index contributed by atoms with van der Waals surface area (Å²) in [7, 11) is 0. The van der Waals surface area contributed by atoms with E-state index in [9.17, 15) is 4.79 Å². The first-order valence-corrected chi connectivity index (χ1v) is 8.56. The van der Waals surface area contributed by atoms with Crippen LogP contribution in [0, 0.1) is 6.92 Å². The minimum atomic E-state index is -0.107. The van der Waals surface area contributed by atoms with Gasteiger partial charge in [0.15, 0.2) is 5.16 Å². The Bertz CT molecular complexity index is 802. The van der Waals surface area contributed by atoms with Crippen molar-refractivity contribution in [1.82, 2.24) is 9.97 Å². The summed E-state index contributed by atoms with van der Waals surface area (Å²) in [5.41, 5.74) is 3.73. The van der Waals surface area contributed by atoms with Crippen molar-refractivity contribution >= 4 is 23.4 Å². The lowest BCUT2D eigenvalue weighted by Gasteiger charge is -2.06. The molecule has 1 aromatic heterocycles. The zero-order valence-corrected chi connectivity index (χ0v) is 14.1. The number of aromatic nitrogens is 2. The van der Waals surface area contributed by atoms with E-state index in [4.69, 9.17) is 0 Å². The van der Waals surface area contributed by atoms with Crippen LogP contribution in [0.15, 0.2) is 72.1 Å². The summed E-state index contributed by atoms with van der Waals surface area (Å²) in [6.45, 7) is 2.02. The van der Waals surface area contributed by atoms with Crippen LogP contribution < -0.4 is 5.32 Å². The van der Waals surface area contributed by atoms with E-state index in [1.54, 1.807) is 30.2 Å². The summed E-state index contributed by atoms with van der Waals surface area (Å²) in [5, 5.41) is 3.65. The fourth-order valence-electron chi connectivity index (χ4n) is 2.10. The van der Waals surface area contributed by atoms with Gasteiger partial charge in [0.2, 0.25) is 0 Å². The minimum absolute atomic E-state index is 0.107. The molecule has 2 aromatic carbocycles. The minimum Gasteiger partial charge on any atom is -0.322 e. The topological polar surface area (TPSA) is 54.9 Å². The quantitative estimate of drug-likeness (QED) is 0.557. The SMILES string of the molecule is Cc1ccc(NC(=O)c2ccc(CSc3ncccn3)cc2)cc1. The van der Waals surface area contributed by atoms with Gasteiger partial charge in [-0.25, -0.2) is 9.97 Å². The van der Waals surface area contributed by atoms with E-state index in [0.29, 0.717) is 5.56 Å². The maximum Gasteiger partial charge on any atom is 0.255 e. The van der Waals surface area contributed by atoms with Crippen molar-refractivity contribution in [2.24, 2.45) is 0 Å². The molecule has 0 aliphatic carbocycles. The molecule has 5 heteroatoms. The van der Waals surface area contributed by atoms with Gasteiger partial charge in [-0.3, -0.25) is 4.79 Å². The van der Waals surface area contributed by atoms with Crippen molar-refractivity contribution in [2.75, 3.05) is 5.32 Å². The van der Waals surface area contributed by atoms with Crippen LogP contribution in [0.25, 0.3) is 0 Å². The highest BCUT2D eigenvalue weighted by atomic mass is 32.2. The standard InChI is InChI=1S/C19H17N3OS/c1-14-3-9-17(10-4-14)22-18(23)16-7-5-15(6-8-16)13-24-19-20-11-2-12-21-19/h2-12H,13H2,1H3,(H,22,23). The highest BCUT2D eigenvalue weighted by Gasteiger charge is 2.06. The number of anilines is 1. The first-order valence-electron chi connectivity index (χ1n) is 7.57. The second-order valence-electron chi connectivity index (χ2n) is 5.34. The molecule has 1 N–H and O–H groups in total. The van der Waals surface area contributed by atoms with Gasteiger partial charge >= 0.3 is 0 Å². The maximum absolute atomic E-state index is 12.3. The summed E-state index contributed by atoms with van der Waals surface area (Å²) >= 11 is 1.57. The van der Waals surface area contributed by atoms with Crippen molar-refractivity contribution in [3.63, 3.8) is 0 Å². The van der Waals surface area contributed by atoms with Gasteiger partial charge in [0.1, 0.15) is 0 Å². The van der Waals surface area contributed by atoms with Crippen molar-refractivity contribution in [2.45, 2.75) is 17.8 Å². The predicted octanol–water partition coefficient (Wildman–Crippen LogP) is 4.33. The number of benzene rings is 2. The average Bonchev–Trinajstić information content (AvgIpc) is 2.63. The Balaban J connectivity index is 1.59. The second kappa shape index (κ2) is 7.75. The fourth-order valence-corrected chi connectivity index (χ4v) is 2.86. The van der Waals surface area contributed by atoms with Gasteiger partial charge in [-0.05, 0) is 42.8 Å². The first-order chi connectivity index (χ1) is 11.7. The molecule has 3 aromatic rings. The summed E-state index contributed by atoms with van der Waals surface area (Å²) in [6, 6.07) is 17.1. The Kier molecular flexibility index (Phi) is 5.23. The summed E-state index contributed by atoms with van der Waals surface area (Å²) in [4.78, 5) is 20.6. The molecule has 3 rings (SSSR count). The molecule has 0 spiro atoms. The van der Waals surface area contributed by atoms with Crippen LogP contribution in [-0.2, 0) is 5.75 Å². The number of carbonyl (C=O) groups is 1. The Morgan fingerprint density at radius 3 is 2.33 bits per heavy atom. The summed E-state index contributed by atoms with van der Waals surface area (Å²) in [5.74, 6) is 0.661. The number of thioether (sulfide) groups is 1. The molecule has 0 aliphatic heterocycles. The first kappa shape index (κ1) is 16.2. The predicted molar refractivity (Wildman–Crippen MR) is 97.2 cm³/mol. The number of hydrogen-bond donors (Lipinski definition) is 1. The van der Waals surface area contributed by atoms with Crippen LogP contribution in [0.1, 0.15) is 21.5 Å². The van der Waals surface area contributed by atoms with E-state index in [1.807, 2.05) is 55.5 Å². The van der Waals surface area contributed by atoms with E-state index >= 15 is 0 Å². The molecular formula is C19H17N3OS. The van der Waals surface area contributed by atoms with Gasteiger partial charge < -0.3 is 5.32 Å². The zero-order valence-electron chi connectivity index (χ0n) is 13.3. The lowest BCUT2D eigenvalue weighted by atomic mass is 10.1. The van der Waals surface area contributed by atoms with Crippen molar-refractivity contribution in [3.8, 4) is 0 Å². The molecular weight excluding hydrogens is 318 g/mol. The number of nitrogens with zero attached hydrogens (tertiary/aromatic N) is 2. The lowest BCUT2D eigenvalue weighted by molar-refractivity contribution is 0.102. The number of rotatable bonds is 5. The van der Waals surface area contributed by atoms with E-state index in [0.717, 1.165) is 27.7 Å². The Labute approximate surface area is 145 Å². The molecule has 0 unspecified atom stereocenters. The highest BCUT2D eigenvalue weighted by Crippen LogP contribution is 2.19. The largest absolute Gasteiger partial charge is 0.322 e. The van der Waals surface area contributed by atoms with Gasteiger partial charge in [0, 0.05) is 29.4 Å². The number of nitrogens with one attached hydrogen (secondary N) is 1. The Morgan fingerprint density at radius 2 is 1.67 bits per heavy atom. The third-order valence-electron chi connectivity index (χ3n) is 3.44. The molecule has 0 saturated carbocycles.